The molecular formula is C18H16ClF3N2O3. The molecule has 0 bridgehead atoms. The molecule has 1 amide bonds. The van der Waals surface area contributed by atoms with Gasteiger partial charge >= 0.3 is 0 Å². The maximum absolute atomic E-state index is 15.6. The Bertz CT molecular complexity index is 898. The van der Waals surface area contributed by atoms with Crippen molar-refractivity contribution in [3.05, 3.63) is 63.9 Å². The van der Waals surface area contributed by atoms with Crippen molar-refractivity contribution in [2.45, 2.75) is 30.7 Å². The lowest BCUT2D eigenvalue weighted by Gasteiger charge is -2.38. The Balaban J connectivity index is 1.87. The van der Waals surface area contributed by atoms with E-state index in [1.54, 1.807) is 0 Å². The second-order valence-corrected chi connectivity index (χ2v) is 6.79. The largest absolute Gasteiger partial charge is 0.393 e. The molecule has 3 N–H and O–H groups in total. The predicted octanol–water partition coefficient (Wildman–Crippen LogP) is 2.47. The molecule has 1 aromatic heterocycles. The van der Waals surface area contributed by atoms with Crippen LogP contribution in [0, 0.1) is 11.6 Å². The van der Waals surface area contributed by atoms with Crippen LogP contribution in [0.2, 0.25) is 5.02 Å². The zero-order valence-electron chi connectivity index (χ0n) is 14.0. The summed E-state index contributed by atoms with van der Waals surface area (Å²) in [7, 11) is 0. The number of carbonyl (C=O) groups excluding carboxylic acids is 1. The molecule has 144 valence electrons. The molecule has 1 heterocycles. The van der Waals surface area contributed by atoms with Gasteiger partial charge in [0.1, 0.15) is 5.60 Å². The normalized spacial score (nSPS) is 24.4. The van der Waals surface area contributed by atoms with Crippen molar-refractivity contribution < 1.29 is 28.2 Å². The second-order valence-electron chi connectivity index (χ2n) is 6.41. The van der Waals surface area contributed by atoms with Crippen LogP contribution in [-0.4, -0.2) is 27.7 Å². The molecule has 2 atom stereocenters. The van der Waals surface area contributed by atoms with E-state index in [2.05, 4.69) is 10.3 Å². The van der Waals surface area contributed by atoms with Crippen molar-refractivity contribution in [3.63, 3.8) is 0 Å². The molecule has 1 aliphatic rings. The SMILES string of the molecule is O=C(NCc1ccc(F)c(F)c1Cl)[C@]1(F)CCC(O)(CO)c2ncccc21. The fourth-order valence-electron chi connectivity index (χ4n) is 3.14. The summed E-state index contributed by atoms with van der Waals surface area (Å²) in [6.45, 7) is -0.987. The molecule has 5 nitrogen and oxygen atoms in total. The van der Waals surface area contributed by atoms with Gasteiger partial charge in [-0.2, -0.15) is 0 Å². The zero-order valence-corrected chi connectivity index (χ0v) is 14.7. The number of amides is 1. The highest BCUT2D eigenvalue weighted by atomic mass is 35.5. The molecule has 0 radical (unpaired) electrons. The van der Waals surface area contributed by atoms with E-state index in [0.717, 1.165) is 6.07 Å². The summed E-state index contributed by atoms with van der Waals surface area (Å²) in [5, 5.41) is 21.7. The lowest BCUT2D eigenvalue weighted by atomic mass is 9.74. The summed E-state index contributed by atoms with van der Waals surface area (Å²) in [4.78, 5) is 16.5. The van der Waals surface area contributed by atoms with Crippen LogP contribution in [0.25, 0.3) is 0 Å². The van der Waals surface area contributed by atoms with Gasteiger partial charge < -0.3 is 15.5 Å². The fourth-order valence-corrected chi connectivity index (χ4v) is 3.36. The molecule has 0 saturated carbocycles. The number of hydrogen-bond acceptors (Lipinski definition) is 4. The topological polar surface area (TPSA) is 82.5 Å². The first-order valence-corrected chi connectivity index (χ1v) is 8.49. The van der Waals surface area contributed by atoms with Crippen LogP contribution < -0.4 is 5.32 Å². The van der Waals surface area contributed by atoms with Crippen LogP contribution in [0.15, 0.2) is 30.5 Å². The Morgan fingerprint density at radius 3 is 2.74 bits per heavy atom. The first-order valence-electron chi connectivity index (χ1n) is 8.12. The van der Waals surface area contributed by atoms with Crippen LogP contribution in [0.4, 0.5) is 13.2 Å². The van der Waals surface area contributed by atoms with Gasteiger partial charge in [0.15, 0.2) is 11.6 Å². The molecule has 1 unspecified atom stereocenters. The second kappa shape index (κ2) is 7.10. The minimum atomic E-state index is -2.50. The Hall–Kier alpha value is -2.16. The van der Waals surface area contributed by atoms with E-state index in [-0.39, 0.29) is 36.2 Å². The first kappa shape index (κ1) is 19.6. The third-order valence-electron chi connectivity index (χ3n) is 4.73. The molecule has 0 aliphatic heterocycles. The smallest absolute Gasteiger partial charge is 0.262 e. The predicted molar refractivity (Wildman–Crippen MR) is 90.5 cm³/mol. The van der Waals surface area contributed by atoms with Gasteiger partial charge in [0, 0.05) is 18.3 Å². The van der Waals surface area contributed by atoms with Crippen molar-refractivity contribution >= 4 is 17.5 Å². The Morgan fingerprint density at radius 1 is 1.30 bits per heavy atom. The third kappa shape index (κ3) is 3.28. The average molecular weight is 401 g/mol. The number of hydrogen-bond donors (Lipinski definition) is 3. The molecule has 2 aromatic rings. The van der Waals surface area contributed by atoms with Crippen LogP contribution >= 0.6 is 11.6 Å². The van der Waals surface area contributed by atoms with Gasteiger partial charge in [-0.05, 0) is 30.5 Å². The van der Waals surface area contributed by atoms with E-state index in [9.17, 15) is 23.8 Å². The van der Waals surface area contributed by atoms with Crippen molar-refractivity contribution in [1.82, 2.24) is 10.3 Å². The van der Waals surface area contributed by atoms with Gasteiger partial charge in [-0.25, -0.2) is 13.2 Å². The number of aliphatic hydroxyl groups excluding tert-OH is 1. The number of benzene rings is 1. The van der Waals surface area contributed by atoms with E-state index in [1.165, 1.54) is 24.4 Å². The Morgan fingerprint density at radius 2 is 2.04 bits per heavy atom. The summed E-state index contributed by atoms with van der Waals surface area (Å²) >= 11 is 5.71. The number of rotatable bonds is 4. The zero-order chi connectivity index (χ0) is 19.8. The average Bonchev–Trinajstić information content (AvgIpc) is 2.68. The number of carbonyl (C=O) groups is 1. The first-order chi connectivity index (χ1) is 12.7. The number of fused-ring (bicyclic) bond motifs is 1. The molecular weight excluding hydrogens is 385 g/mol. The molecule has 9 heteroatoms. The number of nitrogens with zero attached hydrogens (tertiary/aromatic N) is 1. The van der Waals surface area contributed by atoms with Gasteiger partial charge in [0.2, 0.25) is 5.67 Å². The highest BCUT2D eigenvalue weighted by Gasteiger charge is 2.51. The maximum Gasteiger partial charge on any atom is 0.262 e. The molecule has 0 spiro atoms. The number of halogens is 4. The Kier molecular flexibility index (Phi) is 5.16. The van der Waals surface area contributed by atoms with E-state index in [1.807, 2.05) is 0 Å². The van der Waals surface area contributed by atoms with Crippen molar-refractivity contribution in [2.75, 3.05) is 6.61 Å². The minimum Gasteiger partial charge on any atom is -0.393 e. The molecule has 0 saturated heterocycles. The fraction of sp³-hybridized carbons (Fsp3) is 0.333. The summed E-state index contributed by atoms with van der Waals surface area (Å²) in [6, 6.07) is 4.77. The number of aromatic nitrogens is 1. The number of nitrogens with one attached hydrogen (secondary N) is 1. The third-order valence-corrected chi connectivity index (χ3v) is 5.14. The molecule has 3 rings (SSSR count). The van der Waals surface area contributed by atoms with Gasteiger partial charge in [-0.15, -0.1) is 0 Å². The molecule has 1 aliphatic carbocycles. The van der Waals surface area contributed by atoms with Crippen molar-refractivity contribution in [2.24, 2.45) is 0 Å². The number of pyridine rings is 1. The number of aliphatic hydroxyl groups is 2. The van der Waals surface area contributed by atoms with Crippen molar-refractivity contribution in [1.29, 1.82) is 0 Å². The van der Waals surface area contributed by atoms with Gasteiger partial charge in [-0.3, -0.25) is 9.78 Å². The number of alkyl halides is 1. The minimum absolute atomic E-state index is 0.0848. The van der Waals surface area contributed by atoms with Gasteiger partial charge in [0.05, 0.1) is 17.3 Å². The van der Waals surface area contributed by atoms with Crippen LogP contribution in [-0.2, 0) is 22.6 Å². The van der Waals surface area contributed by atoms with E-state index >= 15 is 4.39 Å². The van der Waals surface area contributed by atoms with Gasteiger partial charge in [0.25, 0.3) is 5.91 Å². The highest BCUT2D eigenvalue weighted by Crippen LogP contribution is 2.45. The lowest BCUT2D eigenvalue weighted by Crippen LogP contribution is -2.49. The molecule has 0 fully saturated rings. The lowest BCUT2D eigenvalue weighted by molar-refractivity contribution is -0.138. The van der Waals surface area contributed by atoms with E-state index < -0.39 is 40.4 Å². The highest BCUT2D eigenvalue weighted by molar-refractivity contribution is 6.31. The monoisotopic (exact) mass is 400 g/mol. The molecule has 27 heavy (non-hydrogen) atoms. The quantitative estimate of drug-likeness (QED) is 0.689. The van der Waals surface area contributed by atoms with Crippen molar-refractivity contribution in [3.8, 4) is 0 Å². The standard InChI is InChI=1S/C18H16ClF3N2O3/c19-13-10(3-4-12(20)14(13)21)8-24-16(26)18(22)6-5-17(27,9-25)15-11(18)2-1-7-23-15/h1-4,7,25,27H,5-6,8-9H2,(H,24,26)/t17?,18-/m0/s1. The summed E-state index contributed by atoms with van der Waals surface area (Å²) in [5.74, 6) is -3.41. The van der Waals surface area contributed by atoms with E-state index in [0.29, 0.717) is 0 Å². The summed E-state index contributed by atoms with van der Waals surface area (Å²) < 4.78 is 42.2. The van der Waals surface area contributed by atoms with Crippen LogP contribution in [0.5, 0.6) is 0 Å². The van der Waals surface area contributed by atoms with E-state index in [4.69, 9.17) is 11.6 Å². The van der Waals surface area contributed by atoms with Crippen LogP contribution in [0.1, 0.15) is 29.7 Å². The maximum atomic E-state index is 15.6. The summed E-state index contributed by atoms with van der Waals surface area (Å²) in [5.41, 5.74) is -4.42. The van der Waals surface area contributed by atoms with Gasteiger partial charge in [-0.1, -0.05) is 23.7 Å². The molecule has 1 aromatic carbocycles. The summed E-state index contributed by atoms with van der Waals surface area (Å²) in [6.07, 6.45) is 0.716. The van der Waals surface area contributed by atoms with Crippen LogP contribution in [0.3, 0.4) is 0 Å². The Labute approximate surface area is 157 Å².